The number of rotatable bonds is 4. The van der Waals surface area contributed by atoms with Gasteiger partial charge in [-0.15, -0.1) is 0 Å². The molecule has 2 aromatic heterocycles. The Kier molecular flexibility index (Phi) is 4.27. The molecule has 0 aromatic carbocycles. The quantitative estimate of drug-likeness (QED) is 0.915. The molecular weight excluding hydrogens is 320 g/mol. The number of hydrogen-bond donors (Lipinski definition) is 1. The minimum atomic E-state index is -0.260. The molecule has 0 aliphatic carbocycles. The lowest BCUT2D eigenvalue weighted by molar-refractivity contribution is -0.188. The summed E-state index contributed by atoms with van der Waals surface area (Å²) in [5, 5.41) is 6.55. The van der Waals surface area contributed by atoms with Gasteiger partial charge < -0.3 is 14.4 Å². The molecule has 1 amide bonds. The summed E-state index contributed by atoms with van der Waals surface area (Å²) in [6.07, 6.45) is 7.12. The molecule has 0 bridgehead atoms. The van der Waals surface area contributed by atoms with Gasteiger partial charge in [0.2, 0.25) is 0 Å². The number of pyridine rings is 1. The van der Waals surface area contributed by atoms with Gasteiger partial charge in [0, 0.05) is 31.6 Å². The van der Waals surface area contributed by atoms with Crippen LogP contribution < -0.4 is 0 Å². The van der Waals surface area contributed by atoms with Gasteiger partial charge >= 0.3 is 0 Å². The summed E-state index contributed by atoms with van der Waals surface area (Å²) in [6.45, 7) is 4.47. The van der Waals surface area contributed by atoms with E-state index in [2.05, 4.69) is 21.2 Å². The Morgan fingerprint density at radius 1 is 1.48 bits per heavy atom. The molecule has 0 radical (unpaired) electrons. The maximum absolute atomic E-state index is 12.3. The van der Waals surface area contributed by atoms with Crippen molar-refractivity contribution in [3.8, 4) is 0 Å². The molecule has 7 nitrogen and oxygen atoms in total. The van der Waals surface area contributed by atoms with E-state index in [1.807, 2.05) is 19.3 Å². The van der Waals surface area contributed by atoms with Gasteiger partial charge in [0.05, 0.1) is 25.8 Å². The lowest BCUT2D eigenvalue weighted by atomic mass is 9.84. The average Bonchev–Trinajstić information content (AvgIpc) is 3.12. The molecule has 1 N–H and O–H groups in total. The van der Waals surface area contributed by atoms with Crippen LogP contribution in [0.15, 0.2) is 30.7 Å². The third-order valence-electron chi connectivity index (χ3n) is 4.84. The van der Waals surface area contributed by atoms with Crippen molar-refractivity contribution >= 4 is 5.91 Å². The standard InChI is InChI=1S/C18H22N4O3/c1-13-6-14(9-19-8-13)10-24-15-3-5-25-18(7-15)11-22(12-18)17(23)16-2-4-20-21-16/h2,4,6,8-9,15H,3,5,7,10-12H2,1H3,(H,20,21)/t15-/m1/s1. The number of hydrogen-bond acceptors (Lipinski definition) is 5. The van der Waals surface area contributed by atoms with Gasteiger partial charge in [0.25, 0.3) is 5.91 Å². The molecule has 2 aliphatic heterocycles. The van der Waals surface area contributed by atoms with Crippen molar-refractivity contribution in [2.45, 2.75) is 38.1 Å². The Labute approximate surface area is 146 Å². The van der Waals surface area contributed by atoms with Crippen LogP contribution >= 0.6 is 0 Å². The van der Waals surface area contributed by atoms with Crippen LogP contribution in [0.1, 0.15) is 34.5 Å². The number of H-pyrrole nitrogens is 1. The van der Waals surface area contributed by atoms with Crippen LogP contribution in [0, 0.1) is 6.92 Å². The highest BCUT2D eigenvalue weighted by molar-refractivity contribution is 5.92. The lowest BCUT2D eigenvalue weighted by Gasteiger charge is -2.52. The Morgan fingerprint density at radius 2 is 2.36 bits per heavy atom. The summed E-state index contributed by atoms with van der Waals surface area (Å²) in [5.41, 5.74) is 2.48. The molecule has 4 heterocycles. The van der Waals surface area contributed by atoms with Crippen molar-refractivity contribution in [2.24, 2.45) is 0 Å². The summed E-state index contributed by atoms with van der Waals surface area (Å²) < 4.78 is 12.1. The first kappa shape index (κ1) is 16.2. The summed E-state index contributed by atoms with van der Waals surface area (Å²) in [6, 6.07) is 3.78. The van der Waals surface area contributed by atoms with Crippen LogP contribution in [0.25, 0.3) is 0 Å². The predicted octanol–water partition coefficient (Wildman–Crippen LogP) is 1.70. The van der Waals surface area contributed by atoms with Crippen molar-refractivity contribution < 1.29 is 14.3 Å². The molecule has 25 heavy (non-hydrogen) atoms. The van der Waals surface area contributed by atoms with E-state index in [0.717, 1.165) is 24.0 Å². The Balaban J connectivity index is 1.31. The Morgan fingerprint density at radius 3 is 3.12 bits per heavy atom. The second-order valence-electron chi connectivity index (χ2n) is 6.96. The van der Waals surface area contributed by atoms with Gasteiger partial charge in [-0.3, -0.25) is 14.9 Å². The van der Waals surface area contributed by atoms with E-state index in [1.165, 1.54) is 0 Å². The van der Waals surface area contributed by atoms with Gasteiger partial charge in [-0.25, -0.2) is 0 Å². The monoisotopic (exact) mass is 342 g/mol. The highest BCUT2D eigenvalue weighted by atomic mass is 16.5. The topological polar surface area (TPSA) is 80.3 Å². The summed E-state index contributed by atoms with van der Waals surface area (Å²) >= 11 is 0. The highest BCUT2D eigenvalue weighted by Gasteiger charge is 2.49. The SMILES string of the molecule is Cc1cncc(CO[C@@H]2CCOC3(C2)CN(C(=O)c2ccn[nH]2)C3)c1. The minimum Gasteiger partial charge on any atom is -0.373 e. The normalized spacial score (nSPS) is 22.0. The summed E-state index contributed by atoms with van der Waals surface area (Å²) in [5.74, 6) is -0.0272. The van der Waals surface area contributed by atoms with E-state index in [4.69, 9.17) is 9.47 Å². The first-order valence-electron chi connectivity index (χ1n) is 8.58. The average molecular weight is 342 g/mol. The number of amides is 1. The van der Waals surface area contributed by atoms with E-state index in [9.17, 15) is 4.79 Å². The zero-order valence-corrected chi connectivity index (χ0v) is 14.3. The van der Waals surface area contributed by atoms with Crippen molar-refractivity contribution in [1.82, 2.24) is 20.1 Å². The van der Waals surface area contributed by atoms with Gasteiger partial charge in [-0.05, 0) is 30.5 Å². The predicted molar refractivity (Wildman–Crippen MR) is 90.0 cm³/mol. The number of carbonyl (C=O) groups is 1. The molecule has 0 saturated carbocycles. The molecule has 7 heteroatoms. The maximum Gasteiger partial charge on any atom is 0.272 e. The first-order chi connectivity index (χ1) is 12.1. The fraction of sp³-hybridized carbons (Fsp3) is 0.500. The molecule has 4 rings (SSSR count). The van der Waals surface area contributed by atoms with E-state index in [-0.39, 0.29) is 17.6 Å². The third-order valence-corrected chi connectivity index (χ3v) is 4.84. The molecule has 132 valence electrons. The molecule has 2 aliphatic rings. The van der Waals surface area contributed by atoms with E-state index >= 15 is 0 Å². The molecular formula is C18H22N4O3. The van der Waals surface area contributed by atoms with Gasteiger partial charge in [0.15, 0.2) is 0 Å². The Hall–Kier alpha value is -2.25. The van der Waals surface area contributed by atoms with Gasteiger partial charge in [0.1, 0.15) is 11.3 Å². The highest BCUT2D eigenvalue weighted by Crippen LogP contribution is 2.36. The molecule has 1 spiro atoms. The zero-order chi connectivity index (χ0) is 17.3. The number of ether oxygens (including phenoxy) is 2. The van der Waals surface area contributed by atoms with Crippen LogP contribution in [0.3, 0.4) is 0 Å². The minimum absolute atomic E-state index is 0.0272. The van der Waals surface area contributed by atoms with Crippen molar-refractivity contribution in [3.05, 3.63) is 47.5 Å². The molecule has 2 aromatic rings. The number of nitrogens with one attached hydrogen (secondary N) is 1. The van der Waals surface area contributed by atoms with Crippen LogP contribution in [-0.2, 0) is 16.1 Å². The largest absolute Gasteiger partial charge is 0.373 e. The fourth-order valence-corrected chi connectivity index (χ4v) is 3.59. The third kappa shape index (κ3) is 3.43. The smallest absolute Gasteiger partial charge is 0.272 e. The number of aryl methyl sites for hydroxylation is 1. The van der Waals surface area contributed by atoms with Gasteiger partial charge in [-0.1, -0.05) is 6.07 Å². The van der Waals surface area contributed by atoms with Crippen LogP contribution in [0.5, 0.6) is 0 Å². The van der Waals surface area contributed by atoms with E-state index in [0.29, 0.717) is 32.0 Å². The van der Waals surface area contributed by atoms with Crippen molar-refractivity contribution in [3.63, 3.8) is 0 Å². The van der Waals surface area contributed by atoms with Crippen LogP contribution in [-0.4, -0.2) is 57.4 Å². The maximum atomic E-state index is 12.3. The second-order valence-corrected chi connectivity index (χ2v) is 6.96. The number of aromatic nitrogens is 3. The van der Waals surface area contributed by atoms with Crippen molar-refractivity contribution in [2.75, 3.05) is 19.7 Å². The van der Waals surface area contributed by atoms with Gasteiger partial charge in [-0.2, -0.15) is 5.10 Å². The van der Waals surface area contributed by atoms with Crippen LogP contribution in [0.4, 0.5) is 0 Å². The molecule has 2 saturated heterocycles. The number of likely N-dealkylation sites (tertiary alicyclic amines) is 1. The number of aromatic amines is 1. The molecule has 2 fully saturated rings. The number of nitrogens with zero attached hydrogens (tertiary/aromatic N) is 3. The molecule has 0 unspecified atom stereocenters. The van der Waals surface area contributed by atoms with Crippen molar-refractivity contribution in [1.29, 1.82) is 0 Å². The second kappa shape index (κ2) is 6.57. The lowest BCUT2D eigenvalue weighted by Crippen LogP contribution is -2.67. The summed E-state index contributed by atoms with van der Waals surface area (Å²) in [7, 11) is 0. The zero-order valence-electron chi connectivity index (χ0n) is 14.3. The van der Waals surface area contributed by atoms with E-state index in [1.54, 1.807) is 17.2 Å². The van der Waals surface area contributed by atoms with Crippen LogP contribution in [0.2, 0.25) is 0 Å². The fourth-order valence-electron chi connectivity index (χ4n) is 3.59. The first-order valence-corrected chi connectivity index (χ1v) is 8.58. The van der Waals surface area contributed by atoms with E-state index < -0.39 is 0 Å². The summed E-state index contributed by atoms with van der Waals surface area (Å²) in [4.78, 5) is 18.3. The number of carbonyl (C=O) groups excluding carboxylic acids is 1. The molecule has 1 atom stereocenters. The Bertz CT molecular complexity index is 741.